The van der Waals surface area contributed by atoms with Gasteiger partial charge in [0.05, 0.1) is 16.8 Å². The van der Waals surface area contributed by atoms with E-state index in [4.69, 9.17) is 0 Å². The summed E-state index contributed by atoms with van der Waals surface area (Å²) < 4.78 is 38.8. The van der Waals surface area contributed by atoms with Crippen molar-refractivity contribution in [1.29, 1.82) is 0 Å². The van der Waals surface area contributed by atoms with E-state index in [-0.39, 0.29) is 11.2 Å². The van der Waals surface area contributed by atoms with Gasteiger partial charge >= 0.3 is 6.18 Å². The Kier molecular flexibility index (Phi) is 3.61. The van der Waals surface area contributed by atoms with Crippen molar-refractivity contribution in [2.75, 3.05) is 0 Å². The first-order valence-electron chi connectivity index (χ1n) is 6.22. The van der Waals surface area contributed by atoms with E-state index in [0.717, 1.165) is 12.3 Å². The third-order valence-electron chi connectivity index (χ3n) is 2.89. The van der Waals surface area contributed by atoms with E-state index in [9.17, 15) is 18.0 Å². The van der Waals surface area contributed by atoms with Crippen molar-refractivity contribution in [1.82, 2.24) is 14.8 Å². The van der Waals surface area contributed by atoms with Crippen LogP contribution in [0.5, 0.6) is 0 Å². The number of aromatic nitrogens is 3. The van der Waals surface area contributed by atoms with Gasteiger partial charge in [0, 0.05) is 17.8 Å². The zero-order chi connectivity index (χ0) is 15.8. The largest absolute Gasteiger partial charge is 0.417 e. The highest BCUT2D eigenvalue weighted by molar-refractivity contribution is 5.76. The van der Waals surface area contributed by atoms with Crippen LogP contribution in [0.15, 0.2) is 24.5 Å². The first kappa shape index (κ1) is 15.2. The van der Waals surface area contributed by atoms with Crippen LogP contribution >= 0.6 is 0 Å². The minimum Gasteiger partial charge on any atom is -0.298 e. The fourth-order valence-electron chi connectivity index (χ4n) is 1.86. The second-order valence-corrected chi connectivity index (χ2v) is 5.65. The molecule has 21 heavy (non-hydrogen) atoms. The van der Waals surface area contributed by atoms with Crippen LogP contribution in [0.4, 0.5) is 13.2 Å². The van der Waals surface area contributed by atoms with Crippen molar-refractivity contribution in [2.45, 2.75) is 32.4 Å². The lowest BCUT2D eigenvalue weighted by Gasteiger charge is -2.15. The van der Waals surface area contributed by atoms with E-state index in [1.807, 2.05) is 20.8 Å². The Morgan fingerprint density at radius 1 is 1.19 bits per heavy atom. The molecule has 7 heteroatoms. The number of pyridine rings is 1. The number of hydrogen-bond acceptors (Lipinski definition) is 3. The number of carbonyl (C=O) groups is 1. The van der Waals surface area contributed by atoms with Gasteiger partial charge < -0.3 is 0 Å². The zero-order valence-electron chi connectivity index (χ0n) is 11.8. The molecule has 0 aliphatic carbocycles. The third kappa shape index (κ3) is 3.12. The molecule has 4 nitrogen and oxygen atoms in total. The fourth-order valence-corrected chi connectivity index (χ4v) is 1.86. The van der Waals surface area contributed by atoms with Crippen molar-refractivity contribution in [3.8, 4) is 5.82 Å². The molecule has 0 atom stereocenters. The molecule has 0 N–H and O–H groups in total. The van der Waals surface area contributed by atoms with Crippen molar-refractivity contribution in [2.24, 2.45) is 0 Å². The monoisotopic (exact) mass is 297 g/mol. The molecule has 0 amide bonds. The smallest absolute Gasteiger partial charge is 0.298 e. The molecule has 0 aromatic carbocycles. The summed E-state index contributed by atoms with van der Waals surface area (Å²) in [6.07, 6.45) is -1.55. The minimum absolute atomic E-state index is 0.224. The maximum atomic E-state index is 12.5. The summed E-state index contributed by atoms with van der Waals surface area (Å²) in [5, 5.41) is 4.26. The molecule has 0 bridgehead atoms. The molecule has 0 unspecified atom stereocenters. The molecular weight excluding hydrogens is 283 g/mol. The minimum atomic E-state index is -4.43. The Morgan fingerprint density at radius 2 is 1.86 bits per heavy atom. The average molecular weight is 297 g/mol. The summed E-state index contributed by atoms with van der Waals surface area (Å²) in [5.41, 5.74) is -0.221. The van der Waals surface area contributed by atoms with Gasteiger partial charge in [0.2, 0.25) is 0 Å². The summed E-state index contributed by atoms with van der Waals surface area (Å²) in [6.45, 7) is 5.69. The van der Waals surface area contributed by atoms with Crippen molar-refractivity contribution in [3.05, 3.63) is 41.3 Å². The first-order chi connectivity index (χ1) is 9.63. The Morgan fingerprint density at radius 3 is 2.24 bits per heavy atom. The number of rotatable bonds is 2. The molecule has 0 radical (unpaired) electrons. The molecule has 0 spiro atoms. The highest BCUT2D eigenvalue weighted by atomic mass is 19.4. The van der Waals surface area contributed by atoms with E-state index in [2.05, 4.69) is 10.1 Å². The maximum absolute atomic E-state index is 12.5. The molecule has 0 fully saturated rings. The van der Waals surface area contributed by atoms with Crippen LogP contribution in [-0.4, -0.2) is 21.1 Å². The van der Waals surface area contributed by atoms with E-state index in [0.29, 0.717) is 17.5 Å². The van der Waals surface area contributed by atoms with Crippen LogP contribution < -0.4 is 0 Å². The van der Waals surface area contributed by atoms with E-state index in [1.54, 1.807) is 0 Å². The summed E-state index contributed by atoms with van der Waals surface area (Å²) in [4.78, 5) is 14.8. The van der Waals surface area contributed by atoms with Crippen molar-refractivity contribution >= 4 is 6.29 Å². The Labute approximate surface area is 119 Å². The Bertz CT molecular complexity index is 652. The van der Waals surface area contributed by atoms with Crippen LogP contribution in [0.25, 0.3) is 5.82 Å². The molecule has 2 aromatic heterocycles. The second kappa shape index (κ2) is 4.98. The van der Waals surface area contributed by atoms with E-state index < -0.39 is 11.7 Å². The number of nitrogens with zero attached hydrogens (tertiary/aromatic N) is 3. The van der Waals surface area contributed by atoms with Gasteiger partial charge in [-0.2, -0.15) is 18.3 Å². The lowest BCUT2D eigenvalue weighted by molar-refractivity contribution is -0.137. The predicted octanol–water partition coefficient (Wildman–Crippen LogP) is 3.40. The summed E-state index contributed by atoms with van der Waals surface area (Å²) in [7, 11) is 0. The molecule has 0 saturated carbocycles. The lowest BCUT2D eigenvalue weighted by atomic mass is 9.90. The topological polar surface area (TPSA) is 47.8 Å². The fraction of sp³-hybridized carbons (Fsp3) is 0.357. The number of halogens is 3. The standard InChI is InChI=1S/C14H14F3N3O/c1-13(2,3)12-9(8-21)7-20(19-12)11-5-4-10(6-18-11)14(15,16)17/h4-8H,1-3H3. The van der Waals surface area contributed by atoms with Crippen molar-refractivity contribution < 1.29 is 18.0 Å². The third-order valence-corrected chi connectivity index (χ3v) is 2.89. The normalized spacial score (nSPS) is 12.5. The quantitative estimate of drug-likeness (QED) is 0.798. The molecule has 112 valence electrons. The Balaban J connectivity index is 2.44. The SMILES string of the molecule is CC(C)(C)c1nn(-c2ccc(C(F)(F)F)cn2)cc1C=O. The molecule has 0 aliphatic heterocycles. The second-order valence-electron chi connectivity index (χ2n) is 5.65. The van der Waals surface area contributed by atoms with Crippen LogP contribution in [0.2, 0.25) is 0 Å². The van der Waals surface area contributed by atoms with Crippen LogP contribution in [-0.2, 0) is 11.6 Å². The average Bonchev–Trinajstić information content (AvgIpc) is 2.82. The van der Waals surface area contributed by atoms with Gasteiger partial charge in [0.15, 0.2) is 12.1 Å². The number of hydrogen-bond donors (Lipinski definition) is 0. The summed E-state index contributed by atoms with van der Waals surface area (Å²) in [5.74, 6) is 0.224. The predicted molar refractivity (Wildman–Crippen MR) is 70.4 cm³/mol. The van der Waals surface area contributed by atoms with Gasteiger partial charge in [-0.05, 0) is 12.1 Å². The number of alkyl halides is 3. The first-order valence-corrected chi connectivity index (χ1v) is 6.22. The van der Waals surface area contributed by atoms with Crippen LogP contribution in [0, 0.1) is 0 Å². The summed E-state index contributed by atoms with van der Waals surface area (Å²) in [6, 6.07) is 2.15. The van der Waals surface area contributed by atoms with Gasteiger partial charge in [-0.3, -0.25) is 4.79 Å². The van der Waals surface area contributed by atoms with Gasteiger partial charge in [-0.1, -0.05) is 20.8 Å². The van der Waals surface area contributed by atoms with E-state index in [1.165, 1.54) is 16.9 Å². The van der Waals surface area contributed by atoms with Crippen LogP contribution in [0.1, 0.15) is 42.4 Å². The highest BCUT2D eigenvalue weighted by Gasteiger charge is 2.31. The Hall–Kier alpha value is -2.18. The lowest BCUT2D eigenvalue weighted by Crippen LogP contribution is -2.15. The highest BCUT2D eigenvalue weighted by Crippen LogP contribution is 2.29. The molecule has 2 rings (SSSR count). The van der Waals surface area contributed by atoms with Crippen molar-refractivity contribution in [3.63, 3.8) is 0 Å². The van der Waals surface area contributed by atoms with Gasteiger partial charge in [0.25, 0.3) is 0 Å². The molecular formula is C14H14F3N3O. The maximum Gasteiger partial charge on any atom is 0.417 e. The van der Waals surface area contributed by atoms with E-state index >= 15 is 0 Å². The molecule has 2 aromatic rings. The van der Waals surface area contributed by atoms with Gasteiger partial charge in [-0.25, -0.2) is 9.67 Å². The number of carbonyl (C=O) groups excluding carboxylic acids is 1. The van der Waals surface area contributed by atoms with Crippen LogP contribution in [0.3, 0.4) is 0 Å². The van der Waals surface area contributed by atoms with Gasteiger partial charge in [0.1, 0.15) is 0 Å². The van der Waals surface area contributed by atoms with Gasteiger partial charge in [-0.15, -0.1) is 0 Å². The molecule has 2 heterocycles. The summed E-state index contributed by atoms with van der Waals surface area (Å²) >= 11 is 0. The molecule has 0 saturated heterocycles. The molecule has 0 aliphatic rings. The zero-order valence-corrected chi connectivity index (χ0v) is 11.8. The number of aldehydes is 1.